The van der Waals surface area contributed by atoms with Crippen molar-refractivity contribution in [2.75, 3.05) is 20.2 Å². The third-order valence-electron chi connectivity index (χ3n) is 11.9. The van der Waals surface area contributed by atoms with Gasteiger partial charge in [-0.1, -0.05) is 26.8 Å². The van der Waals surface area contributed by atoms with Crippen LogP contribution in [0.25, 0.3) is 0 Å². The summed E-state index contributed by atoms with van der Waals surface area (Å²) < 4.78 is 13.5. The summed E-state index contributed by atoms with van der Waals surface area (Å²) in [5.74, 6) is 1.80. The van der Waals surface area contributed by atoms with Gasteiger partial charge in [-0.25, -0.2) is 0 Å². The molecule has 2 heterocycles. The van der Waals surface area contributed by atoms with Crippen molar-refractivity contribution in [3.05, 3.63) is 23.3 Å². The number of piperidine rings is 1. The number of aliphatic hydroxyl groups is 1. The first-order valence-electron chi connectivity index (χ1n) is 13.6. The number of aromatic hydroxyl groups is 1. The van der Waals surface area contributed by atoms with Crippen molar-refractivity contribution < 1.29 is 19.7 Å². The Kier molecular flexibility index (Phi) is 4.08. The summed E-state index contributed by atoms with van der Waals surface area (Å²) in [6.07, 6.45) is 7.64. The molecule has 5 heteroatoms. The van der Waals surface area contributed by atoms with Crippen LogP contribution in [0.15, 0.2) is 12.1 Å². The molecule has 5 nitrogen and oxygen atoms in total. The number of fused-ring (bicyclic) bond motifs is 2. The van der Waals surface area contributed by atoms with E-state index in [1.165, 1.54) is 30.5 Å². The number of methoxy groups -OCH3 is 1. The van der Waals surface area contributed by atoms with E-state index in [1.54, 1.807) is 0 Å². The highest BCUT2D eigenvalue weighted by Gasteiger charge is 2.82. The zero-order chi connectivity index (χ0) is 23.9. The number of nitrogens with zero attached hydrogens (tertiary/aromatic N) is 1. The summed E-state index contributed by atoms with van der Waals surface area (Å²) in [5, 5.41) is 23.2. The Hall–Kier alpha value is -1.30. The van der Waals surface area contributed by atoms with Crippen LogP contribution in [0.2, 0.25) is 0 Å². The molecule has 1 saturated heterocycles. The third-order valence-corrected chi connectivity index (χ3v) is 11.9. The molecule has 8 rings (SSSR count). The van der Waals surface area contributed by atoms with Crippen LogP contribution >= 0.6 is 0 Å². The average Bonchev–Trinajstić information content (AvgIpc) is 3.53. The van der Waals surface area contributed by atoms with Gasteiger partial charge in [-0.3, -0.25) is 4.90 Å². The Bertz CT molecular complexity index is 1060. The molecule has 2 aliphatic heterocycles. The molecule has 0 amide bonds. The molecule has 2 N–H and O–H groups in total. The van der Waals surface area contributed by atoms with Crippen LogP contribution in [0.4, 0.5) is 0 Å². The van der Waals surface area contributed by atoms with Crippen molar-refractivity contribution in [1.82, 2.24) is 4.90 Å². The molecule has 0 aromatic heterocycles. The number of rotatable bonds is 4. The summed E-state index contributed by atoms with van der Waals surface area (Å²) in [4.78, 5) is 2.82. The largest absolute Gasteiger partial charge is 0.504 e. The first kappa shape index (κ1) is 21.9. The van der Waals surface area contributed by atoms with E-state index in [1.807, 2.05) is 20.1 Å². The molecular formula is C29H41NO4. The second kappa shape index (κ2) is 6.33. The molecule has 1 aromatic carbocycles. The van der Waals surface area contributed by atoms with Crippen LogP contribution < -0.4 is 4.74 Å². The van der Waals surface area contributed by atoms with Crippen LogP contribution in [-0.4, -0.2) is 58.7 Å². The van der Waals surface area contributed by atoms with Crippen LogP contribution in [0.3, 0.4) is 0 Å². The van der Waals surface area contributed by atoms with Gasteiger partial charge in [0.15, 0.2) is 11.5 Å². The summed E-state index contributed by atoms with van der Waals surface area (Å²) in [6.45, 7) is 10.8. The van der Waals surface area contributed by atoms with Crippen molar-refractivity contribution in [3.63, 3.8) is 0 Å². The third kappa shape index (κ3) is 2.25. The Labute approximate surface area is 203 Å². The molecule has 4 saturated carbocycles. The zero-order valence-corrected chi connectivity index (χ0v) is 21.5. The number of phenolic OH excluding ortho intramolecular Hbond substituents is 1. The van der Waals surface area contributed by atoms with Gasteiger partial charge >= 0.3 is 0 Å². The van der Waals surface area contributed by atoms with E-state index < -0.39 is 11.2 Å². The Morgan fingerprint density at radius 3 is 2.59 bits per heavy atom. The van der Waals surface area contributed by atoms with Crippen molar-refractivity contribution in [2.24, 2.45) is 22.7 Å². The Morgan fingerprint density at radius 2 is 1.91 bits per heavy atom. The highest BCUT2D eigenvalue weighted by molar-refractivity contribution is 5.63. The van der Waals surface area contributed by atoms with E-state index in [-0.39, 0.29) is 34.0 Å². The minimum absolute atomic E-state index is 0.0294. The molecule has 1 aromatic rings. The van der Waals surface area contributed by atoms with Gasteiger partial charge in [-0.2, -0.15) is 0 Å². The fourth-order valence-corrected chi connectivity index (χ4v) is 9.58. The van der Waals surface area contributed by atoms with Gasteiger partial charge in [-0.05, 0) is 81.4 Å². The van der Waals surface area contributed by atoms with Crippen molar-refractivity contribution >= 4 is 0 Å². The SMILES string of the molecule is CO[C@@]12CCC3(C[C@@H]1[C@](C)(O)C(C)(C)C)C1Cc4ccc(O)c5c4[C@@]3(CCN1CC1CC1)C2O5. The summed E-state index contributed by atoms with van der Waals surface area (Å²) >= 11 is 0. The highest BCUT2D eigenvalue weighted by Crippen LogP contribution is 2.78. The standard InChI is InChI=1S/C29H41NO4/c1-25(2,3)26(4,32)20-15-27-10-11-29(20,33-5)24-28(27)12-13-30(16-17-6-7-17)21(27)14-18-8-9-19(31)23(34-24)22(18)28/h8-9,17,20-21,24,31-32H,6-7,10-16H2,1-5H3/t20-,21?,24?,26+,27?,28+,29+/m1/s1. The van der Waals surface area contributed by atoms with Gasteiger partial charge in [0.05, 0.1) is 5.60 Å². The number of phenols is 1. The molecule has 34 heavy (non-hydrogen) atoms. The number of benzene rings is 1. The zero-order valence-electron chi connectivity index (χ0n) is 21.5. The molecule has 0 radical (unpaired) electrons. The Morgan fingerprint density at radius 1 is 1.15 bits per heavy atom. The maximum Gasteiger partial charge on any atom is 0.165 e. The van der Waals surface area contributed by atoms with E-state index in [0.29, 0.717) is 11.8 Å². The van der Waals surface area contributed by atoms with Gasteiger partial charge in [0.2, 0.25) is 0 Å². The quantitative estimate of drug-likeness (QED) is 0.687. The van der Waals surface area contributed by atoms with Crippen LogP contribution in [0.5, 0.6) is 11.5 Å². The van der Waals surface area contributed by atoms with E-state index in [0.717, 1.165) is 44.6 Å². The summed E-state index contributed by atoms with van der Waals surface area (Å²) in [5.41, 5.74) is 0.783. The molecule has 5 fully saturated rings. The van der Waals surface area contributed by atoms with E-state index in [9.17, 15) is 10.2 Å². The Balaban J connectivity index is 1.47. The molecule has 7 atom stereocenters. The lowest BCUT2D eigenvalue weighted by atomic mass is 9.33. The van der Waals surface area contributed by atoms with Gasteiger partial charge in [0.1, 0.15) is 11.7 Å². The molecule has 7 aliphatic rings. The van der Waals surface area contributed by atoms with Gasteiger partial charge in [0, 0.05) is 42.0 Å². The minimum atomic E-state index is -0.909. The van der Waals surface area contributed by atoms with E-state index in [2.05, 4.69) is 31.7 Å². The highest BCUT2D eigenvalue weighted by atomic mass is 16.6. The molecule has 4 bridgehead atoms. The van der Waals surface area contributed by atoms with Gasteiger partial charge in [-0.15, -0.1) is 0 Å². The van der Waals surface area contributed by atoms with Crippen LogP contribution in [0.1, 0.15) is 77.3 Å². The maximum atomic E-state index is 12.2. The molecule has 2 spiro atoms. The van der Waals surface area contributed by atoms with Crippen molar-refractivity contribution in [1.29, 1.82) is 0 Å². The normalized spacial score (nSPS) is 43.9. The second-order valence-corrected chi connectivity index (χ2v) is 13.8. The van der Waals surface area contributed by atoms with Gasteiger partial charge < -0.3 is 19.7 Å². The molecular weight excluding hydrogens is 426 g/mol. The van der Waals surface area contributed by atoms with Crippen molar-refractivity contribution in [3.8, 4) is 11.5 Å². The predicted octanol–water partition coefficient (Wildman–Crippen LogP) is 4.41. The maximum absolute atomic E-state index is 12.2. The smallest absolute Gasteiger partial charge is 0.165 e. The average molecular weight is 468 g/mol. The summed E-state index contributed by atoms with van der Waals surface area (Å²) in [7, 11) is 1.83. The number of ether oxygens (including phenoxy) is 2. The first-order chi connectivity index (χ1) is 16.0. The van der Waals surface area contributed by atoms with Crippen LogP contribution in [0, 0.1) is 22.7 Å². The second-order valence-electron chi connectivity index (χ2n) is 13.8. The van der Waals surface area contributed by atoms with Gasteiger partial charge in [0.25, 0.3) is 0 Å². The monoisotopic (exact) mass is 467 g/mol. The topological polar surface area (TPSA) is 62.2 Å². The number of likely N-dealkylation sites (tertiary alicyclic amines) is 1. The number of hydrogen-bond donors (Lipinski definition) is 2. The first-order valence-corrected chi connectivity index (χ1v) is 13.6. The fraction of sp³-hybridized carbons (Fsp3) is 0.793. The molecule has 186 valence electrons. The van der Waals surface area contributed by atoms with Crippen molar-refractivity contribution in [2.45, 2.75) is 101 Å². The number of hydrogen-bond acceptors (Lipinski definition) is 5. The lowest BCUT2D eigenvalue weighted by Gasteiger charge is -2.75. The lowest BCUT2D eigenvalue weighted by molar-refractivity contribution is -0.312. The van der Waals surface area contributed by atoms with E-state index in [4.69, 9.17) is 9.47 Å². The fourth-order valence-electron chi connectivity index (χ4n) is 9.58. The molecule has 5 aliphatic carbocycles. The molecule has 3 unspecified atom stereocenters. The van der Waals surface area contributed by atoms with E-state index >= 15 is 0 Å². The predicted molar refractivity (Wildman–Crippen MR) is 130 cm³/mol. The lowest BCUT2D eigenvalue weighted by Crippen LogP contribution is -2.83. The summed E-state index contributed by atoms with van der Waals surface area (Å²) in [6, 6.07) is 4.46. The minimum Gasteiger partial charge on any atom is -0.504 e. The van der Waals surface area contributed by atoms with Crippen LogP contribution in [-0.2, 0) is 16.6 Å².